The number of amides is 1. The summed E-state index contributed by atoms with van der Waals surface area (Å²) in [7, 11) is -2.17. The van der Waals surface area contributed by atoms with Crippen molar-refractivity contribution in [3.05, 3.63) is 40.6 Å². The third-order valence-electron chi connectivity index (χ3n) is 3.91. The van der Waals surface area contributed by atoms with E-state index < -0.39 is 10.0 Å². The number of thiophene rings is 1. The molecule has 0 saturated carbocycles. The number of carbonyl (C=O) groups excluding carboxylic acids is 1. The number of sulfonamides is 1. The van der Waals surface area contributed by atoms with Gasteiger partial charge in [-0.05, 0) is 29.6 Å². The van der Waals surface area contributed by atoms with Crippen LogP contribution < -0.4 is 5.32 Å². The number of hydrogen-bond acceptors (Lipinski definition) is 6. The monoisotopic (exact) mass is 412 g/mol. The van der Waals surface area contributed by atoms with Gasteiger partial charge in [-0.3, -0.25) is 4.79 Å². The van der Waals surface area contributed by atoms with Crippen LogP contribution in [0.5, 0.6) is 0 Å². The predicted molar refractivity (Wildman–Crippen MR) is 104 cm³/mol. The van der Waals surface area contributed by atoms with Gasteiger partial charge in [0.2, 0.25) is 15.9 Å². The van der Waals surface area contributed by atoms with Gasteiger partial charge in [-0.2, -0.15) is 4.31 Å². The lowest BCUT2D eigenvalue weighted by atomic mass is 10.3. The second kappa shape index (κ2) is 8.53. The highest BCUT2D eigenvalue weighted by Gasteiger charge is 2.26. The molecule has 2 heterocycles. The Kier molecular flexibility index (Phi) is 6.36. The zero-order valence-electron chi connectivity index (χ0n) is 14.3. The van der Waals surface area contributed by atoms with Gasteiger partial charge in [-0.25, -0.2) is 8.42 Å². The second-order valence-electron chi connectivity index (χ2n) is 5.72. The first kappa shape index (κ1) is 19.4. The third-order valence-corrected chi connectivity index (χ3v) is 7.68. The van der Waals surface area contributed by atoms with Crippen molar-refractivity contribution in [1.82, 2.24) is 4.31 Å². The molecule has 1 aromatic heterocycles. The lowest BCUT2D eigenvalue weighted by Gasteiger charge is -2.22. The van der Waals surface area contributed by atoms with Gasteiger partial charge in [0.05, 0.1) is 17.2 Å². The molecule has 26 heavy (non-hydrogen) atoms. The van der Waals surface area contributed by atoms with Gasteiger partial charge in [-0.1, -0.05) is 6.07 Å². The Labute approximate surface area is 161 Å². The molecule has 0 atom stereocenters. The van der Waals surface area contributed by atoms with Gasteiger partial charge < -0.3 is 10.1 Å². The van der Waals surface area contributed by atoms with Gasteiger partial charge in [0, 0.05) is 42.1 Å². The fourth-order valence-corrected chi connectivity index (χ4v) is 5.73. The van der Waals surface area contributed by atoms with Crippen LogP contribution in [0.1, 0.15) is 11.3 Å². The summed E-state index contributed by atoms with van der Waals surface area (Å²) >= 11 is 3.06. The van der Waals surface area contributed by atoms with Crippen LogP contribution in [0.4, 0.5) is 5.69 Å². The average molecular weight is 413 g/mol. The second-order valence-corrected chi connectivity index (χ2v) is 9.82. The number of hydrogen-bond donors (Lipinski definition) is 1. The Morgan fingerprint density at radius 3 is 2.88 bits per heavy atom. The number of methoxy groups -OCH3 is 1. The molecule has 0 unspecified atom stereocenters. The molecule has 9 heteroatoms. The van der Waals surface area contributed by atoms with Crippen molar-refractivity contribution < 1.29 is 17.9 Å². The van der Waals surface area contributed by atoms with Crippen LogP contribution in [0.25, 0.3) is 0 Å². The van der Waals surface area contributed by atoms with E-state index in [1.165, 1.54) is 15.6 Å². The first-order valence-electron chi connectivity index (χ1n) is 8.09. The normalized spacial score (nSPS) is 14.8. The van der Waals surface area contributed by atoms with Gasteiger partial charge >= 0.3 is 0 Å². The lowest BCUT2D eigenvalue weighted by Crippen LogP contribution is -2.33. The van der Waals surface area contributed by atoms with Gasteiger partial charge in [0.25, 0.3) is 0 Å². The molecule has 3 rings (SSSR count). The van der Waals surface area contributed by atoms with E-state index in [9.17, 15) is 13.2 Å². The summed E-state index contributed by atoms with van der Waals surface area (Å²) in [6.07, 6.45) is 0.416. The quantitative estimate of drug-likeness (QED) is 0.757. The molecule has 6 nitrogen and oxygen atoms in total. The summed E-state index contributed by atoms with van der Waals surface area (Å²) < 4.78 is 32.8. The van der Waals surface area contributed by atoms with Crippen LogP contribution in [-0.4, -0.2) is 44.6 Å². The molecule has 1 aromatic carbocycles. The minimum atomic E-state index is -3.71. The van der Waals surface area contributed by atoms with Crippen LogP contribution in [0.15, 0.2) is 45.5 Å². The smallest absolute Gasteiger partial charge is 0.243 e. The van der Waals surface area contributed by atoms with Gasteiger partial charge in [0.1, 0.15) is 0 Å². The molecule has 0 saturated heterocycles. The van der Waals surface area contributed by atoms with Crippen molar-refractivity contribution in [3.63, 3.8) is 0 Å². The molecule has 1 N–H and O–H groups in total. The summed E-state index contributed by atoms with van der Waals surface area (Å²) in [5, 5.41) is 4.72. The molecule has 0 radical (unpaired) electrons. The number of ether oxygens (including phenoxy) is 1. The van der Waals surface area contributed by atoms with E-state index in [2.05, 4.69) is 5.32 Å². The van der Waals surface area contributed by atoms with Crippen molar-refractivity contribution in [2.75, 3.05) is 31.3 Å². The highest BCUT2D eigenvalue weighted by Crippen LogP contribution is 2.33. The maximum Gasteiger partial charge on any atom is 0.243 e. The number of rotatable bonds is 7. The first-order valence-corrected chi connectivity index (χ1v) is 11.4. The molecule has 1 amide bonds. The fourth-order valence-electron chi connectivity index (χ4n) is 2.56. The van der Waals surface area contributed by atoms with E-state index in [0.29, 0.717) is 31.0 Å². The summed E-state index contributed by atoms with van der Waals surface area (Å²) in [6.45, 7) is 0.860. The van der Waals surface area contributed by atoms with Crippen LogP contribution >= 0.6 is 23.1 Å². The zero-order chi connectivity index (χ0) is 18.6. The standard InChI is InChI=1S/C17H20N2O4S3/c1-23-8-7-19(12-13-3-2-9-24-13)26(21,22)14-4-5-16-15(11-14)18-17(20)6-10-25-16/h2-5,9,11H,6-8,10,12H2,1H3,(H,18,20). The van der Waals surface area contributed by atoms with E-state index >= 15 is 0 Å². The molecule has 0 fully saturated rings. The van der Waals surface area contributed by atoms with E-state index in [4.69, 9.17) is 4.74 Å². The number of fused-ring (bicyclic) bond motifs is 1. The van der Waals surface area contributed by atoms with Crippen LogP contribution in [0.3, 0.4) is 0 Å². The molecule has 1 aliphatic heterocycles. The number of thioether (sulfide) groups is 1. The van der Waals surface area contributed by atoms with Crippen molar-refractivity contribution in [2.45, 2.75) is 22.8 Å². The minimum Gasteiger partial charge on any atom is -0.383 e. The Balaban J connectivity index is 1.92. The topological polar surface area (TPSA) is 75.7 Å². The molecular formula is C17H20N2O4S3. The number of nitrogens with zero attached hydrogens (tertiary/aromatic N) is 1. The number of benzene rings is 1. The predicted octanol–water partition coefficient (Wildman–Crippen LogP) is 3.02. The van der Waals surface area contributed by atoms with Crippen molar-refractivity contribution in [1.29, 1.82) is 0 Å². The maximum absolute atomic E-state index is 13.2. The van der Waals surface area contributed by atoms with E-state index in [1.807, 2.05) is 17.5 Å². The summed E-state index contributed by atoms with van der Waals surface area (Å²) in [5.41, 5.74) is 0.557. The first-order chi connectivity index (χ1) is 12.5. The molecule has 1 aliphatic rings. The Morgan fingerprint density at radius 2 is 2.15 bits per heavy atom. The lowest BCUT2D eigenvalue weighted by molar-refractivity contribution is -0.115. The third kappa shape index (κ3) is 4.47. The molecule has 0 spiro atoms. The van der Waals surface area contributed by atoms with E-state index in [-0.39, 0.29) is 17.3 Å². The highest BCUT2D eigenvalue weighted by molar-refractivity contribution is 7.99. The van der Waals surface area contributed by atoms with Crippen LogP contribution in [0.2, 0.25) is 0 Å². The summed E-state index contributed by atoms with van der Waals surface area (Å²) in [6, 6.07) is 8.73. The molecular weight excluding hydrogens is 392 g/mol. The average Bonchev–Trinajstić information content (AvgIpc) is 3.05. The molecule has 0 aliphatic carbocycles. The molecule has 2 aromatic rings. The Morgan fingerprint density at radius 1 is 1.31 bits per heavy atom. The number of carbonyl (C=O) groups is 1. The Bertz CT molecular complexity index is 866. The maximum atomic E-state index is 13.2. The Hall–Kier alpha value is -1.39. The number of anilines is 1. The van der Waals surface area contributed by atoms with Crippen molar-refractivity contribution in [2.24, 2.45) is 0 Å². The van der Waals surface area contributed by atoms with Crippen molar-refractivity contribution in [3.8, 4) is 0 Å². The molecule has 140 valence electrons. The fraction of sp³-hybridized carbons (Fsp3) is 0.353. The summed E-state index contributed by atoms with van der Waals surface area (Å²) in [5.74, 6) is 0.587. The number of nitrogens with one attached hydrogen (secondary N) is 1. The van der Waals surface area contributed by atoms with Gasteiger partial charge in [0.15, 0.2) is 0 Å². The van der Waals surface area contributed by atoms with Gasteiger partial charge in [-0.15, -0.1) is 23.1 Å². The zero-order valence-corrected chi connectivity index (χ0v) is 16.8. The highest BCUT2D eigenvalue weighted by atomic mass is 32.2. The largest absolute Gasteiger partial charge is 0.383 e. The van der Waals surface area contributed by atoms with Crippen LogP contribution in [0, 0.1) is 0 Å². The van der Waals surface area contributed by atoms with Crippen molar-refractivity contribution >= 4 is 44.7 Å². The molecule has 0 bridgehead atoms. The van der Waals surface area contributed by atoms with E-state index in [1.54, 1.807) is 37.1 Å². The van der Waals surface area contributed by atoms with E-state index in [0.717, 1.165) is 9.77 Å². The SMILES string of the molecule is COCCN(Cc1cccs1)S(=O)(=O)c1ccc2c(c1)NC(=O)CCS2. The summed E-state index contributed by atoms with van der Waals surface area (Å²) in [4.78, 5) is 13.8. The van der Waals surface area contributed by atoms with Crippen LogP contribution in [-0.2, 0) is 26.1 Å². The minimum absolute atomic E-state index is 0.0966.